The Bertz CT molecular complexity index is 830. The van der Waals surface area contributed by atoms with Crippen molar-refractivity contribution in [2.75, 3.05) is 31.1 Å². The molecule has 0 radical (unpaired) electrons. The molecule has 1 aliphatic rings. The maximum absolute atomic E-state index is 12.5. The van der Waals surface area contributed by atoms with E-state index in [1.54, 1.807) is 12.4 Å². The molecule has 1 saturated heterocycles. The highest BCUT2D eigenvalue weighted by Gasteiger charge is 2.23. The lowest BCUT2D eigenvalue weighted by atomic mass is 10.0. The van der Waals surface area contributed by atoms with Gasteiger partial charge in [-0.15, -0.1) is 0 Å². The first-order valence-corrected chi connectivity index (χ1v) is 9.84. The van der Waals surface area contributed by atoms with Gasteiger partial charge in [0.25, 0.3) is 0 Å². The van der Waals surface area contributed by atoms with Crippen molar-refractivity contribution in [1.29, 1.82) is 0 Å². The number of anilines is 1. The molecule has 1 aromatic carbocycles. The average molecular weight is 431 g/mol. The third kappa shape index (κ3) is 4.91. The van der Waals surface area contributed by atoms with Gasteiger partial charge in [-0.1, -0.05) is 12.1 Å². The molecule has 27 heavy (non-hydrogen) atoms. The number of hydrogen-bond donors (Lipinski definition) is 0. The van der Waals surface area contributed by atoms with Gasteiger partial charge in [-0.2, -0.15) is 0 Å². The number of carbonyl (C=O) groups is 2. The van der Waals surface area contributed by atoms with E-state index in [-0.39, 0.29) is 24.5 Å². The second-order valence-corrected chi connectivity index (χ2v) is 7.71. The number of amides is 1. The van der Waals surface area contributed by atoms with Gasteiger partial charge in [0, 0.05) is 57.0 Å². The van der Waals surface area contributed by atoms with Gasteiger partial charge in [-0.3, -0.25) is 9.59 Å². The number of rotatable bonds is 5. The van der Waals surface area contributed by atoms with Gasteiger partial charge in [-0.05, 0) is 47.0 Å². The van der Waals surface area contributed by atoms with Crippen LogP contribution in [0.1, 0.15) is 34.3 Å². The summed E-state index contributed by atoms with van der Waals surface area (Å²) in [5.74, 6) is 0.729. The predicted molar refractivity (Wildman–Crippen MR) is 108 cm³/mol. The first-order valence-electron chi connectivity index (χ1n) is 9.05. The minimum atomic E-state index is 0.0216. The molecule has 3 rings (SSSR count). The third-order valence-electron chi connectivity index (χ3n) is 4.92. The number of carbonyl (C=O) groups excluding carboxylic acids is 2. The maximum atomic E-state index is 12.5. The molecule has 0 bridgehead atoms. The van der Waals surface area contributed by atoms with E-state index in [0.717, 1.165) is 15.6 Å². The summed E-state index contributed by atoms with van der Waals surface area (Å²) in [7, 11) is 0. The Hall–Kier alpha value is -2.28. The summed E-state index contributed by atoms with van der Waals surface area (Å²) in [6, 6.07) is 5.69. The fourth-order valence-electron chi connectivity index (χ4n) is 3.06. The van der Waals surface area contributed by atoms with Crippen LogP contribution in [-0.4, -0.2) is 52.7 Å². The van der Waals surface area contributed by atoms with Crippen molar-refractivity contribution in [2.45, 2.75) is 26.7 Å². The lowest BCUT2D eigenvalue weighted by Crippen LogP contribution is -2.49. The van der Waals surface area contributed by atoms with Gasteiger partial charge >= 0.3 is 0 Å². The van der Waals surface area contributed by atoms with Crippen molar-refractivity contribution in [3.05, 3.63) is 51.8 Å². The monoisotopic (exact) mass is 430 g/mol. The Morgan fingerprint density at radius 1 is 1.00 bits per heavy atom. The number of nitrogens with zero attached hydrogens (tertiary/aromatic N) is 4. The highest BCUT2D eigenvalue weighted by molar-refractivity contribution is 9.10. The van der Waals surface area contributed by atoms with Gasteiger partial charge in [0.05, 0.1) is 4.47 Å². The van der Waals surface area contributed by atoms with Gasteiger partial charge < -0.3 is 9.80 Å². The van der Waals surface area contributed by atoms with Crippen LogP contribution in [0.5, 0.6) is 0 Å². The molecule has 1 aliphatic heterocycles. The van der Waals surface area contributed by atoms with Gasteiger partial charge in [-0.25, -0.2) is 9.97 Å². The molecule has 0 saturated carbocycles. The Balaban J connectivity index is 1.48. The van der Waals surface area contributed by atoms with E-state index >= 15 is 0 Å². The van der Waals surface area contributed by atoms with Crippen molar-refractivity contribution in [2.24, 2.45) is 0 Å². The molecule has 0 unspecified atom stereocenters. The highest BCUT2D eigenvalue weighted by atomic mass is 79.9. The summed E-state index contributed by atoms with van der Waals surface area (Å²) in [6.45, 7) is 6.64. The van der Waals surface area contributed by atoms with Crippen molar-refractivity contribution < 1.29 is 9.59 Å². The number of ketones is 1. The smallest absolute Gasteiger partial charge is 0.225 e. The zero-order valence-corrected chi connectivity index (χ0v) is 17.2. The molecule has 142 valence electrons. The fraction of sp³-hybridized carbons (Fsp3) is 0.400. The Morgan fingerprint density at radius 2 is 1.67 bits per heavy atom. The van der Waals surface area contributed by atoms with Crippen molar-refractivity contribution >= 4 is 33.6 Å². The fourth-order valence-corrected chi connectivity index (χ4v) is 3.27. The summed E-state index contributed by atoms with van der Waals surface area (Å²) in [6.07, 6.45) is 3.94. The van der Waals surface area contributed by atoms with Crippen LogP contribution in [0.4, 0.5) is 5.95 Å². The number of piperazine rings is 1. The lowest BCUT2D eigenvalue weighted by Gasteiger charge is -2.34. The normalized spacial score (nSPS) is 14.3. The van der Waals surface area contributed by atoms with E-state index in [4.69, 9.17) is 0 Å². The maximum Gasteiger partial charge on any atom is 0.225 e. The zero-order valence-electron chi connectivity index (χ0n) is 15.6. The Kier molecular flexibility index (Phi) is 6.21. The quantitative estimate of drug-likeness (QED) is 0.681. The molecule has 0 spiro atoms. The van der Waals surface area contributed by atoms with Gasteiger partial charge in [0.2, 0.25) is 11.9 Å². The summed E-state index contributed by atoms with van der Waals surface area (Å²) >= 11 is 3.33. The van der Waals surface area contributed by atoms with Gasteiger partial charge in [0.1, 0.15) is 0 Å². The Morgan fingerprint density at radius 3 is 2.30 bits per heavy atom. The summed E-state index contributed by atoms with van der Waals surface area (Å²) in [5.41, 5.74) is 2.94. The summed E-state index contributed by atoms with van der Waals surface area (Å²) < 4.78 is 0.841. The van der Waals surface area contributed by atoms with Gasteiger partial charge in [0.15, 0.2) is 5.78 Å². The molecular weight excluding hydrogens is 408 g/mol. The van der Waals surface area contributed by atoms with E-state index < -0.39 is 0 Å². The number of Topliss-reactive ketones (excluding diaryl/α,β-unsaturated/α-hetero) is 1. The molecule has 1 aromatic heterocycles. The van der Waals surface area contributed by atoms with Crippen molar-refractivity contribution in [3.63, 3.8) is 0 Å². The minimum absolute atomic E-state index is 0.0216. The molecule has 2 aromatic rings. The van der Waals surface area contributed by atoms with Crippen LogP contribution in [0.15, 0.2) is 35.1 Å². The standard InChI is InChI=1S/C20H23BrN4O2/c1-14-3-4-16(11-15(14)2)18(26)5-6-19(27)24-7-9-25(10-8-24)20-22-12-17(21)13-23-20/h3-4,11-13H,5-10H2,1-2H3. The molecule has 1 fully saturated rings. The number of halogens is 1. The van der Waals surface area contributed by atoms with E-state index in [0.29, 0.717) is 37.7 Å². The zero-order chi connectivity index (χ0) is 19.4. The minimum Gasteiger partial charge on any atom is -0.339 e. The average Bonchev–Trinajstić information content (AvgIpc) is 2.68. The predicted octanol–water partition coefficient (Wildman–Crippen LogP) is 3.17. The van der Waals surface area contributed by atoms with E-state index in [9.17, 15) is 9.59 Å². The SMILES string of the molecule is Cc1ccc(C(=O)CCC(=O)N2CCN(c3ncc(Br)cn3)CC2)cc1C. The van der Waals surface area contributed by atoms with Crippen LogP contribution < -0.4 is 4.90 Å². The van der Waals surface area contributed by atoms with Crippen molar-refractivity contribution in [3.8, 4) is 0 Å². The third-order valence-corrected chi connectivity index (χ3v) is 5.33. The van der Waals surface area contributed by atoms with Crippen LogP contribution in [0, 0.1) is 13.8 Å². The molecule has 0 aliphatic carbocycles. The lowest BCUT2D eigenvalue weighted by molar-refractivity contribution is -0.131. The molecular formula is C20H23BrN4O2. The number of benzene rings is 1. The molecule has 7 heteroatoms. The van der Waals surface area contributed by atoms with Crippen LogP contribution in [-0.2, 0) is 4.79 Å². The molecule has 0 N–H and O–H groups in total. The van der Waals surface area contributed by atoms with E-state index in [1.807, 2.05) is 36.9 Å². The number of aryl methyl sites for hydroxylation is 2. The van der Waals surface area contributed by atoms with E-state index in [2.05, 4.69) is 30.8 Å². The topological polar surface area (TPSA) is 66.4 Å². The van der Waals surface area contributed by atoms with Crippen molar-refractivity contribution in [1.82, 2.24) is 14.9 Å². The summed E-state index contributed by atoms with van der Waals surface area (Å²) in [4.78, 5) is 37.3. The van der Waals surface area contributed by atoms with Crippen LogP contribution in [0.3, 0.4) is 0 Å². The van der Waals surface area contributed by atoms with E-state index in [1.165, 1.54) is 0 Å². The van der Waals surface area contributed by atoms with Crippen LogP contribution in [0.2, 0.25) is 0 Å². The number of aromatic nitrogens is 2. The molecule has 2 heterocycles. The second-order valence-electron chi connectivity index (χ2n) is 6.79. The Labute approximate surface area is 167 Å². The molecule has 6 nitrogen and oxygen atoms in total. The van der Waals surface area contributed by atoms with Crippen LogP contribution >= 0.6 is 15.9 Å². The molecule has 0 atom stereocenters. The first-order chi connectivity index (χ1) is 12.9. The number of hydrogen-bond acceptors (Lipinski definition) is 5. The summed E-state index contributed by atoms with van der Waals surface area (Å²) in [5, 5.41) is 0. The highest BCUT2D eigenvalue weighted by Crippen LogP contribution is 2.15. The molecule has 1 amide bonds. The van der Waals surface area contributed by atoms with Crippen LogP contribution in [0.25, 0.3) is 0 Å². The second kappa shape index (κ2) is 8.61. The largest absolute Gasteiger partial charge is 0.339 e. The first kappa shape index (κ1) is 19.5.